The normalized spacial score (nSPS) is 10.8. The summed E-state index contributed by atoms with van der Waals surface area (Å²) in [6, 6.07) is 19.1. The van der Waals surface area contributed by atoms with Gasteiger partial charge >= 0.3 is 0 Å². The molecule has 0 spiro atoms. The molecule has 0 bridgehead atoms. The van der Waals surface area contributed by atoms with Crippen molar-refractivity contribution >= 4 is 34.5 Å². The molecule has 0 radical (unpaired) electrons. The van der Waals surface area contributed by atoms with Crippen molar-refractivity contribution in [3.05, 3.63) is 89.9 Å². The van der Waals surface area contributed by atoms with Crippen LogP contribution in [0.2, 0.25) is 0 Å². The topological polar surface area (TPSA) is 81.6 Å². The SMILES string of the molecule is COc1ccc(C(=O)NCCn2cc(SCC(=O)NCc3ccc(F)cc3)c3ccccc32)cc1OC. The zero-order chi connectivity index (χ0) is 26.2. The van der Waals surface area contributed by atoms with Crippen LogP contribution in [0.3, 0.4) is 0 Å². The highest BCUT2D eigenvalue weighted by molar-refractivity contribution is 8.00. The van der Waals surface area contributed by atoms with Crippen LogP contribution in [-0.4, -0.2) is 42.9 Å². The van der Waals surface area contributed by atoms with Gasteiger partial charge in [-0.3, -0.25) is 9.59 Å². The van der Waals surface area contributed by atoms with Gasteiger partial charge in [0.25, 0.3) is 5.91 Å². The van der Waals surface area contributed by atoms with Crippen LogP contribution in [0.25, 0.3) is 10.9 Å². The second-order valence-corrected chi connectivity index (χ2v) is 9.24. The monoisotopic (exact) mass is 521 g/mol. The zero-order valence-corrected chi connectivity index (χ0v) is 21.4. The number of fused-ring (bicyclic) bond motifs is 1. The lowest BCUT2D eigenvalue weighted by molar-refractivity contribution is -0.118. The number of amides is 2. The number of ether oxygens (including phenoxy) is 2. The maximum atomic E-state index is 13.1. The lowest BCUT2D eigenvalue weighted by Gasteiger charge is -2.10. The maximum absolute atomic E-state index is 13.1. The summed E-state index contributed by atoms with van der Waals surface area (Å²) >= 11 is 1.45. The lowest BCUT2D eigenvalue weighted by atomic mass is 10.2. The first-order chi connectivity index (χ1) is 18.0. The highest BCUT2D eigenvalue weighted by Crippen LogP contribution is 2.30. The van der Waals surface area contributed by atoms with Crippen molar-refractivity contribution in [3.8, 4) is 11.5 Å². The molecular weight excluding hydrogens is 493 g/mol. The molecule has 3 aromatic carbocycles. The number of carbonyl (C=O) groups is 2. The first kappa shape index (κ1) is 26.1. The number of para-hydroxylation sites is 1. The fourth-order valence-electron chi connectivity index (χ4n) is 3.88. The van der Waals surface area contributed by atoms with E-state index in [1.165, 1.54) is 31.0 Å². The standard InChI is InChI=1S/C28H28FN3O4S/c1-35-24-12-9-20(15-25(24)36-2)28(34)30-13-14-32-17-26(22-5-3-4-6-23(22)32)37-18-27(33)31-16-19-7-10-21(29)11-8-19/h3-12,15,17H,13-14,16,18H2,1-2H3,(H,30,34)(H,31,33). The van der Waals surface area contributed by atoms with E-state index in [-0.39, 0.29) is 23.4 Å². The van der Waals surface area contributed by atoms with Gasteiger partial charge in [-0.05, 0) is 42.0 Å². The Labute approximate surface area is 219 Å². The molecule has 2 amide bonds. The molecule has 0 atom stereocenters. The van der Waals surface area contributed by atoms with E-state index in [2.05, 4.69) is 15.2 Å². The average Bonchev–Trinajstić information content (AvgIpc) is 3.28. The average molecular weight is 522 g/mol. The summed E-state index contributed by atoms with van der Waals surface area (Å²) in [6.45, 7) is 1.34. The molecule has 2 N–H and O–H groups in total. The van der Waals surface area contributed by atoms with E-state index in [0.717, 1.165) is 21.4 Å². The quantitative estimate of drug-likeness (QED) is 0.281. The molecule has 4 rings (SSSR count). The molecule has 0 aliphatic rings. The van der Waals surface area contributed by atoms with Crippen LogP contribution < -0.4 is 20.1 Å². The third-order valence-corrected chi connectivity index (χ3v) is 6.84. The van der Waals surface area contributed by atoms with E-state index in [0.29, 0.717) is 36.7 Å². The molecule has 0 aliphatic heterocycles. The lowest BCUT2D eigenvalue weighted by Crippen LogP contribution is -2.27. The number of hydrogen-bond donors (Lipinski definition) is 2. The van der Waals surface area contributed by atoms with Crippen LogP contribution in [-0.2, 0) is 17.9 Å². The molecular formula is C28H28FN3O4S. The molecule has 7 nitrogen and oxygen atoms in total. The van der Waals surface area contributed by atoms with Crippen LogP contribution in [0.4, 0.5) is 4.39 Å². The largest absolute Gasteiger partial charge is 0.493 e. The number of hydrogen-bond acceptors (Lipinski definition) is 5. The van der Waals surface area contributed by atoms with Gasteiger partial charge in [-0.2, -0.15) is 0 Å². The van der Waals surface area contributed by atoms with Crippen molar-refractivity contribution in [2.24, 2.45) is 0 Å². The van der Waals surface area contributed by atoms with Crippen LogP contribution in [0, 0.1) is 5.82 Å². The van der Waals surface area contributed by atoms with Gasteiger partial charge in [0.05, 0.1) is 20.0 Å². The van der Waals surface area contributed by atoms with E-state index < -0.39 is 0 Å². The molecule has 37 heavy (non-hydrogen) atoms. The Morgan fingerprint density at radius 2 is 1.70 bits per heavy atom. The van der Waals surface area contributed by atoms with Gasteiger partial charge in [0.15, 0.2) is 11.5 Å². The number of nitrogens with one attached hydrogen (secondary N) is 2. The summed E-state index contributed by atoms with van der Waals surface area (Å²) in [6.07, 6.45) is 2.01. The number of thioether (sulfide) groups is 1. The number of nitrogens with zero attached hydrogens (tertiary/aromatic N) is 1. The van der Waals surface area contributed by atoms with Gasteiger partial charge in [0.1, 0.15) is 5.82 Å². The Hall–Kier alpha value is -3.98. The number of aromatic nitrogens is 1. The van der Waals surface area contributed by atoms with Gasteiger partial charge in [-0.1, -0.05) is 30.3 Å². The number of methoxy groups -OCH3 is 2. The van der Waals surface area contributed by atoms with E-state index in [1.54, 1.807) is 37.4 Å². The number of halogens is 1. The molecule has 0 unspecified atom stereocenters. The molecule has 1 aromatic heterocycles. The summed E-state index contributed by atoms with van der Waals surface area (Å²) in [5, 5.41) is 6.86. The van der Waals surface area contributed by atoms with Crippen LogP contribution >= 0.6 is 11.8 Å². The number of rotatable bonds is 11. The molecule has 1 heterocycles. The molecule has 192 valence electrons. The first-order valence-corrected chi connectivity index (χ1v) is 12.7. The number of carbonyl (C=O) groups excluding carboxylic acids is 2. The summed E-state index contributed by atoms with van der Waals surface area (Å²) < 4.78 is 25.6. The van der Waals surface area contributed by atoms with Gasteiger partial charge in [0.2, 0.25) is 5.91 Å². The van der Waals surface area contributed by atoms with Crippen molar-refractivity contribution in [2.75, 3.05) is 26.5 Å². The maximum Gasteiger partial charge on any atom is 0.251 e. The van der Waals surface area contributed by atoms with Gasteiger partial charge in [-0.25, -0.2) is 4.39 Å². The second kappa shape index (κ2) is 12.3. The van der Waals surface area contributed by atoms with E-state index in [1.807, 2.05) is 30.5 Å². The van der Waals surface area contributed by atoms with E-state index in [9.17, 15) is 14.0 Å². The van der Waals surface area contributed by atoms with Crippen molar-refractivity contribution in [1.29, 1.82) is 0 Å². The highest BCUT2D eigenvalue weighted by atomic mass is 32.2. The van der Waals surface area contributed by atoms with Gasteiger partial charge < -0.3 is 24.7 Å². The minimum atomic E-state index is -0.303. The highest BCUT2D eigenvalue weighted by Gasteiger charge is 2.13. The van der Waals surface area contributed by atoms with Crippen molar-refractivity contribution in [3.63, 3.8) is 0 Å². The van der Waals surface area contributed by atoms with Gasteiger partial charge in [-0.15, -0.1) is 11.8 Å². The van der Waals surface area contributed by atoms with Crippen LogP contribution in [0.1, 0.15) is 15.9 Å². The molecule has 0 saturated carbocycles. The van der Waals surface area contributed by atoms with E-state index >= 15 is 0 Å². The first-order valence-electron chi connectivity index (χ1n) is 11.7. The smallest absolute Gasteiger partial charge is 0.251 e. The van der Waals surface area contributed by atoms with Gasteiger partial charge in [0, 0.05) is 47.2 Å². The molecule has 4 aromatic rings. The van der Waals surface area contributed by atoms with E-state index in [4.69, 9.17) is 9.47 Å². The molecule has 0 fully saturated rings. The second-order valence-electron chi connectivity index (χ2n) is 8.22. The Morgan fingerprint density at radius 1 is 0.946 bits per heavy atom. The predicted octanol–water partition coefficient (Wildman–Crippen LogP) is 4.64. The zero-order valence-electron chi connectivity index (χ0n) is 20.6. The fourth-order valence-corrected chi connectivity index (χ4v) is 4.80. The molecule has 0 aliphatic carbocycles. The molecule has 9 heteroatoms. The fraction of sp³-hybridized carbons (Fsp3) is 0.214. The predicted molar refractivity (Wildman–Crippen MR) is 143 cm³/mol. The summed E-state index contributed by atoms with van der Waals surface area (Å²) in [7, 11) is 3.08. The van der Waals surface area contributed by atoms with Crippen molar-refractivity contribution < 1.29 is 23.5 Å². The Morgan fingerprint density at radius 3 is 2.46 bits per heavy atom. The summed E-state index contributed by atoms with van der Waals surface area (Å²) in [4.78, 5) is 26.0. The van der Waals surface area contributed by atoms with Crippen molar-refractivity contribution in [1.82, 2.24) is 15.2 Å². The Kier molecular flexibility index (Phi) is 8.68. The minimum Gasteiger partial charge on any atom is -0.493 e. The van der Waals surface area contributed by atoms with Crippen molar-refractivity contribution in [2.45, 2.75) is 18.0 Å². The van der Waals surface area contributed by atoms with Crippen LogP contribution in [0.5, 0.6) is 11.5 Å². The number of benzene rings is 3. The minimum absolute atomic E-state index is 0.103. The third-order valence-electron chi connectivity index (χ3n) is 5.80. The molecule has 0 saturated heterocycles. The summed E-state index contributed by atoms with van der Waals surface area (Å²) in [5.74, 6) is 0.702. The Bertz CT molecular complexity index is 1390. The van der Waals surface area contributed by atoms with Crippen LogP contribution in [0.15, 0.2) is 77.8 Å². The summed E-state index contributed by atoms with van der Waals surface area (Å²) in [5.41, 5.74) is 2.35. The third kappa shape index (κ3) is 6.62. The Balaban J connectivity index is 1.34.